The molecule has 4 heteroatoms. The van der Waals surface area contributed by atoms with Crippen LogP contribution in [0.25, 0.3) is 0 Å². The van der Waals surface area contributed by atoms with Crippen LogP contribution in [0.3, 0.4) is 0 Å². The van der Waals surface area contributed by atoms with Crippen molar-refractivity contribution in [3.8, 4) is 17.2 Å². The number of rotatable bonds is 2. The summed E-state index contributed by atoms with van der Waals surface area (Å²) in [5.74, 6) is 1.41. The average Bonchev–Trinajstić information content (AvgIpc) is 2.43. The molecule has 0 spiro atoms. The number of piperidine rings is 1. The fraction of sp³-hybridized carbons (Fsp3) is 0.571. The molecule has 1 saturated heterocycles. The van der Waals surface area contributed by atoms with Gasteiger partial charge in [-0.1, -0.05) is 12.5 Å². The Bertz CT molecular complexity index is 427. The first-order valence-corrected chi connectivity index (χ1v) is 6.68. The second kappa shape index (κ2) is 5.06. The standard InChI is InChI=1S/C14H19NO3/c16-13-10(9-11-3-1-2-6-15-11)4-5-12-14(13)18-8-7-17-12/h4-5,11,15-16H,1-3,6-9H2. The van der Waals surface area contributed by atoms with Gasteiger partial charge in [-0.05, 0) is 37.4 Å². The van der Waals surface area contributed by atoms with Gasteiger partial charge in [-0.2, -0.15) is 0 Å². The largest absolute Gasteiger partial charge is 0.504 e. The Hall–Kier alpha value is -1.42. The van der Waals surface area contributed by atoms with Gasteiger partial charge in [0.15, 0.2) is 11.5 Å². The zero-order valence-electron chi connectivity index (χ0n) is 10.4. The smallest absolute Gasteiger partial charge is 0.203 e. The van der Waals surface area contributed by atoms with Crippen LogP contribution in [0.4, 0.5) is 0 Å². The molecule has 1 unspecified atom stereocenters. The summed E-state index contributed by atoms with van der Waals surface area (Å²) in [5.41, 5.74) is 0.943. The van der Waals surface area contributed by atoms with E-state index in [0.717, 1.165) is 18.5 Å². The van der Waals surface area contributed by atoms with Crippen molar-refractivity contribution in [1.82, 2.24) is 5.32 Å². The average molecular weight is 249 g/mol. The number of fused-ring (bicyclic) bond motifs is 1. The lowest BCUT2D eigenvalue weighted by atomic mass is 9.97. The van der Waals surface area contributed by atoms with Crippen molar-refractivity contribution in [2.45, 2.75) is 31.7 Å². The van der Waals surface area contributed by atoms with Crippen molar-refractivity contribution in [2.24, 2.45) is 0 Å². The summed E-state index contributed by atoms with van der Waals surface area (Å²) in [6.07, 6.45) is 4.54. The van der Waals surface area contributed by atoms with Gasteiger partial charge in [-0.15, -0.1) is 0 Å². The predicted octanol–water partition coefficient (Wildman–Crippen LogP) is 1.85. The molecule has 2 heterocycles. The summed E-state index contributed by atoms with van der Waals surface area (Å²) in [6, 6.07) is 4.30. The third-order valence-corrected chi connectivity index (χ3v) is 3.64. The van der Waals surface area contributed by atoms with E-state index < -0.39 is 0 Å². The highest BCUT2D eigenvalue weighted by molar-refractivity contribution is 5.55. The maximum atomic E-state index is 10.2. The molecule has 1 aromatic carbocycles. The Balaban J connectivity index is 1.79. The normalized spacial score (nSPS) is 22.8. The zero-order chi connectivity index (χ0) is 12.4. The highest BCUT2D eigenvalue weighted by Gasteiger charge is 2.21. The summed E-state index contributed by atoms with van der Waals surface area (Å²) < 4.78 is 10.9. The number of nitrogens with one attached hydrogen (secondary N) is 1. The fourth-order valence-corrected chi connectivity index (χ4v) is 2.67. The van der Waals surface area contributed by atoms with Gasteiger partial charge in [0.1, 0.15) is 13.2 Å². The highest BCUT2D eigenvalue weighted by atomic mass is 16.6. The van der Waals surface area contributed by atoms with Crippen LogP contribution in [0.2, 0.25) is 0 Å². The number of hydrogen-bond acceptors (Lipinski definition) is 4. The number of ether oxygens (including phenoxy) is 2. The Kier molecular flexibility index (Phi) is 3.28. The van der Waals surface area contributed by atoms with Crippen molar-refractivity contribution in [3.63, 3.8) is 0 Å². The van der Waals surface area contributed by atoms with Crippen molar-refractivity contribution < 1.29 is 14.6 Å². The minimum Gasteiger partial charge on any atom is -0.504 e. The molecule has 98 valence electrons. The molecular formula is C14H19NO3. The monoisotopic (exact) mass is 249 g/mol. The molecule has 2 aliphatic heterocycles. The molecular weight excluding hydrogens is 230 g/mol. The Morgan fingerprint density at radius 2 is 2.11 bits per heavy atom. The van der Waals surface area contributed by atoms with Crippen molar-refractivity contribution in [3.05, 3.63) is 17.7 Å². The van der Waals surface area contributed by atoms with Crippen molar-refractivity contribution >= 4 is 0 Å². The van der Waals surface area contributed by atoms with E-state index in [4.69, 9.17) is 9.47 Å². The van der Waals surface area contributed by atoms with Crippen LogP contribution in [0, 0.1) is 0 Å². The first-order chi connectivity index (χ1) is 8.84. The maximum absolute atomic E-state index is 10.2. The second-order valence-electron chi connectivity index (χ2n) is 4.95. The summed E-state index contributed by atoms with van der Waals surface area (Å²) in [6.45, 7) is 2.14. The minimum absolute atomic E-state index is 0.250. The molecule has 1 aromatic rings. The molecule has 1 atom stereocenters. The van der Waals surface area contributed by atoms with Crippen molar-refractivity contribution in [2.75, 3.05) is 19.8 Å². The first-order valence-electron chi connectivity index (χ1n) is 6.68. The molecule has 2 N–H and O–H groups in total. The van der Waals surface area contributed by atoms with Gasteiger partial charge in [-0.25, -0.2) is 0 Å². The van der Waals surface area contributed by atoms with Crippen LogP contribution in [0.15, 0.2) is 12.1 Å². The van der Waals surface area contributed by atoms with Gasteiger partial charge in [0.05, 0.1) is 0 Å². The Morgan fingerprint density at radius 3 is 2.94 bits per heavy atom. The molecule has 0 saturated carbocycles. The Morgan fingerprint density at radius 1 is 1.22 bits per heavy atom. The minimum atomic E-state index is 0.250. The van der Waals surface area contributed by atoms with Gasteiger partial charge < -0.3 is 19.9 Å². The van der Waals surface area contributed by atoms with Gasteiger partial charge in [0.25, 0.3) is 0 Å². The van der Waals surface area contributed by atoms with Gasteiger partial charge >= 0.3 is 0 Å². The molecule has 0 aliphatic carbocycles. The summed E-state index contributed by atoms with van der Waals surface area (Å²) in [7, 11) is 0. The van der Waals surface area contributed by atoms with Crippen molar-refractivity contribution in [1.29, 1.82) is 0 Å². The first kappa shape index (κ1) is 11.7. The highest BCUT2D eigenvalue weighted by Crippen LogP contribution is 2.41. The van der Waals surface area contributed by atoms with Crippen LogP contribution >= 0.6 is 0 Å². The van der Waals surface area contributed by atoms with Crippen LogP contribution in [0.5, 0.6) is 17.2 Å². The van der Waals surface area contributed by atoms with Gasteiger partial charge in [0, 0.05) is 6.04 Å². The SMILES string of the molecule is Oc1c(CC2CCCCN2)ccc2c1OCCO2. The molecule has 0 radical (unpaired) electrons. The van der Waals surface area contributed by atoms with E-state index >= 15 is 0 Å². The number of aromatic hydroxyl groups is 1. The third-order valence-electron chi connectivity index (χ3n) is 3.64. The van der Waals surface area contributed by atoms with E-state index in [-0.39, 0.29) is 5.75 Å². The second-order valence-corrected chi connectivity index (χ2v) is 4.95. The molecule has 3 rings (SSSR count). The number of phenolic OH excluding ortho intramolecular Hbond substituents is 1. The molecule has 1 fully saturated rings. The van der Waals surface area contributed by atoms with E-state index in [1.54, 1.807) is 0 Å². The van der Waals surface area contributed by atoms with Crippen LogP contribution in [-0.2, 0) is 6.42 Å². The van der Waals surface area contributed by atoms with E-state index in [2.05, 4.69) is 5.32 Å². The van der Waals surface area contributed by atoms with Gasteiger partial charge in [-0.3, -0.25) is 0 Å². The lowest BCUT2D eigenvalue weighted by Crippen LogP contribution is -2.35. The lowest BCUT2D eigenvalue weighted by Gasteiger charge is -2.25. The van der Waals surface area contributed by atoms with E-state index in [9.17, 15) is 5.11 Å². The van der Waals surface area contributed by atoms with Crippen LogP contribution in [0.1, 0.15) is 24.8 Å². The van der Waals surface area contributed by atoms with E-state index in [1.165, 1.54) is 19.3 Å². The summed E-state index contributed by atoms with van der Waals surface area (Å²) in [5, 5.41) is 13.7. The molecule has 18 heavy (non-hydrogen) atoms. The molecule has 2 aliphatic rings. The quantitative estimate of drug-likeness (QED) is 0.840. The summed E-state index contributed by atoms with van der Waals surface area (Å²) in [4.78, 5) is 0. The van der Waals surface area contributed by atoms with Crippen LogP contribution < -0.4 is 14.8 Å². The Labute approximate surface area is 107 Å². The third kappa shape index (κ3) is 2.25. The van der Waals surface area contributed by atoms with Gasteiger partial charge in [0.2, 0.25) is 5.75 Å². The lowest BCUT2D eigenvalue weighted by molar-refractivity contribution is 0.165. The topological polar surface area (TPSA) is 50.7 Å². The fourth-order valence-electron chi connectivity index (χ4n) is 2.67. The molecule has 0 aromatic heterocycles. The molecule has 0 bridgehead atoms. The number of benzene rings is 1. The predicted molar refractivity (Wildman–Crippen MR) is 68.4 cm³/mol. The molecule has 4 nitrogen and oxygen atoms in total. The summed E-state index contributed by atoms with van der Waals surface area (Å²) >= 11 is 0. The zero-order valence-corrected chi connectivity index (χ0v) is 10.4. The van der Waals surface area contributed by atoms with E-state index in [1.807, 2.05) is 12.1 Å². The molecule has 0 amide bonds. The van der Waals surface area contributed by atoms with E-state index in [0.29, 0.717) is 30.8 Å². The maximum Gasteiger partial charge on any atom is 0.203 e. The van der Waals surface area contributed by atoms with Crippen LogP contribution in [-0.4, -0.2) is 30.9 Å². The number of hydrogen-bond donors (Lipinski definition) is 2. The number of phenols is 1.